The molecule has 0 unspecified atom stereocenters. The minimum absolute atomic E-state index is 0.127. The number of nitrogens with zero attached hydrogens (tertiary/aromatic N) is 1. The molecule has 0 saturated carbocycles. The SMILES string of the molecule is N#Cc1cc2cc(F)cc(Cl)c2o1. The van der Waals surface area contributed by atoms with E-state index >= 15 is 0 Å². The topological polar surface area (TPSA) is 36.9 Å². The van der Waals surface area contributed by atoms with Crippen molar-refractivity contribution in [1.82, 2.24) is 0 Å². The maximum absolute atomic E-state index is 12.8. The van der Waals surface area contributed by atoms with Crippen molar-refractivity contribution in [3.8, 4) is 6.07 Å². The van der Waals surface area contributed by atoms with Crippen molar-refractivity contribution in [3.63, 3.8) is 0 Å². The largest absolute Gasteiger partial charge is 0.444 e. The highest BCUT2D eigenvalue weighted by atomic mass is 35.5. The van der Waals surface area contributed by atoms with Crippen molar-refractivity contribution in [2.75, 3.05) is 0 Å². The second-order valence-corrected chi connectivity index (χ2v) is 2.94. The Morgan fingerprint density at radius 3 is 2.85 bits per heavy atom. The minimum atomic E-state index is -0.442. The zero-order valence-electron chi connectivity index (χ0n) is 6.34. The fourth-order valence-electron chi connectivity index (χ4n) is 1.13. The molecule has 0 atom stereocenters. The molecule has 1 heterocycles. The molecule has 0 amide bonds. The van der Waals surface area contributed by atoms with Crippen LogP contribution in [0.15, 0.2) is 22.6 Å². The van der Waals surface area contributed by atoms with Crippen molar-refractivity contribution >= 4 is 22.6 Å². The third kappa shape index (κ3) is 1.25. The van der Waals surface area contributed by atoms with Gasteiger partial charge in [0.1, 0.15) is 11.9 Å². The van der Waals surface area contributed by atoms with Crippen LogP contribution < -0.4 is 0 Å². The van der Waals surface area contributed by atoms with Crippen LogP contribution in [0.5, 0.6) is 0 Å². The molecular formula is C9H3ClFNO. The first-order valence-corrected chi connectivity index (χ1v) is 3.87. The molecule has 0 aliphatic heterocycles. The number of halogens is 2. The third-order valence-electron chi connectivity index (χ3n) is 1.65. The Hall–Kier alpha value is -1.53. The molecule has 0 fully saturated rings. The molecule has 0 aliphatic rings. The molecule has 2 aromatic rings. The molecule has 2 rings (SSSR count). The molecule has 0 bridgehead atoms. The van der Waals surface area contributed by atoms with Crippen LogP contribution in [-0.2, 0) is 0 Å². The average Bonchev–Trinajstić information content (AvgIpc) is 2.47. The summed E-state index contributed by atoms with van der Waals surface area (Å²) in [6.07, 6.45) is 0. The lowest BCUT2D eigenvalue weighted by Gasteiger charge is -1.91. The lowest BCUT2D eigenvalue weighted by molar-refractivity contribution is 0.596. The molecular weight excluding hydrogens is 193 g/mol. The highest BCUT2D eigenvalue weighted by molar-refractivity contribution is 6.34. The Morgan fingerprint density at radius 2 is 2.15 bits per heavy atom. The summed E-state index contributed by atoms with van der Waals surface area (Å²) in [5.74, 6) is -0.315. The van der Waals surface area contributed by atoms with Gasteiger partial charge in [0.2, 0.25) is 5.76 Å². The molecule has 64 valence electrons. The van der Waals surface area contributed by atoms with Gasteiger partial charge in [0.25, 0.3) is 0 Å². The minimum Gasteiger partial charge on any atom is -0.444 e. The Labute approximate surface area is 78.1 Å². The van der Waals surface area contributed by atoms with E-state index in [0.717, 1.165) is 6.07 Å². The molecule has 0 saturated heterocycles. The summed E-state index contributed by atoms with van der Waals surface area (Å²) in [5.41, 5.74) is 0.347. The van der Waals surface area contributed by atoms with E-state index in [-0.39, 0.29) is 10.8 Å². The van der Waals surface area contributed by atoms with Crippen LogP contribution in [0.2, 0.25) is 5.02 Å². The van der Waals surface area contributed by atoms with Gasteiger partial charge in [-0.1, -0.05) is 11.6 Å². The molecule has 2 nitrogen and oxygen atoms in total. The molecule has 0 spiro atoms. The summed E-state index contributed by atoms with van der Waals surface area (Å²) >= 11 is 5.69. The van der Waals surface area contributed by atoms with Crippen molar-refractivity contribution in [3.05, 3.63) is 34.8 Å². The van der Waals surface area contributed by atoms with Gasteiger partial charge in [-0.25, -0.2) is 4.39 Å². The van der Waals surface area contributed by atoms with Crippen molar-refractivity contribution in [1.29, 1.82) is 5.26 Å². The summed E-state index contributed by atoms with van der Waals surface area (Å²) in [4.78, 5) is 0. The Balaban J connectivity index is 2.84. The summed E-state index contributed by atoms with van der Waals surface area (Å²) in [6.45, 7) is 0. The molecule has 0 N–H and O–H groups in total. The number of furan rings is 1. The van der Waals surface area contributed by atoms with Crippen LogP contribution in [0.25, 0.3) is 11.0 Å². The third-order valence-corrected chi connectivity index (χ3v) is 1.93. The predicted octanol–water partition coefficient (Wildman–Crippen LogP) is 3.10. The Morgan fingerprint density at radius 1 is 1.38 bits per heavy atom. The lowest BCUT2D eigenvalue weighted by atomic mass is 10.2. The summed E-state index contributed by atoms with van der Waals surface area (Å²) in [5, 5.41) is 9.20. The number of hydrogen-bond acceptors (Lipinski definition) is 2. The van der Waals surface area contributed by atoms with Crippen molar-refractivity contribution < 1.29 is 8.81 Å². The molecule has 4 heteroatoms. The van der Waals surface area contributed by atoms with Gasteiger partial charge in [0.05, 0.1) is 5.02 Å². The zero-order valence-corrected chi connectivity index (χ0v) is 7.10. The number of rotatable bonds is 0. The number of hydrogen-bond donors (Lipinski definition) is 0. The van der Waals surface area contributed by atoms with E-state index in [1.54, 1.807) is 0 Å². The summed E-state index contributed by atoms with van der Waals surface area (Å²) < 4.78 is 17.8. The smallest absolute Gasteiger partial charge is 0.204 e. The maximum Gasteiger partial charge on any atom is 0.204 e. The fraction of sp³-hybridized carbons (Fsp3) is 0. The number of nitriles is 1. The average molecular weight is 196 g/mol. The first-order chi connectivity index (χ1) is 6.20. The van der Waals surface area contributed by atoms with Gasteiger partial charge in [-0.05, 0) is 12.1 Å². The van der Waals surface area contributed by atoms with Crippen LogP contribution in [-0.4, -0.2) is 0 Å². The monoisotopic (exact) mass is 195 g/mol. The zero-order chi connectivity index (χ0) is 9.42. The van der Waals surface area contributed by atoms with Crippen molar-refractivity contribution in [2.45, 2.75) is 0 Å². The van der Waals surface area contributed by atoms with Crippen LogP contribution in [0, 0.1) is 17.1 Å². The van der Waals surface area contributed by atoms with E-state index in [1.807, 2.05) is 6.07 Å². The lowest BCUT2D eigenvalue weighted by Crippen LogP contribution is -1.72. The number of benzene rings is 1. The van der Waals surface area contributed by atoms with Crippen molar-refractivity contribution in [2.24, 2.45) is 0 Å². The second-order valence-electron chi connectivity index (χ2n) is 2.53. The fourth-order valence-corrected chi connectivity index (χ4v) is 1.38. The molecule has 0 radical (unpaired) electrons. The van der Waals surface area contributed by atoms with Gasteiger partial charge in [-0.15, -0.1) is 0 Å². The highest BCUT2D eigenvalue weighted by Gasteiger charge is 2.08. The first kappa shape index (κ1) is 8.09. The van der Waals surface area contributed by atoms with E-state index in [0.29, 0.717) is 11.0 Å². The quantitative estimate of drug-likeness (QED) is 0.648. The van der Waals surface area contributed by atoms with E-state index in [1.165, 1.54) is 12.1 Å². The maximum atomic E-state index is 12.8. The molecule has 13 heavy (non-hydrogen) atoms. The van der Waals surface area contributed by atoms with E-state index < -0.39 is 5.82 Å². The van der Waals surface area contributed by atoms with Gasteiger partial charge < -0.3 is 4.42 Å². The van der Waals surface area contributed by atoms with Gasteiger partial charge in [-0.3, -0.25) is 0 Å². The van der Waals surface area contributed by atoms with Crippen LogP contribution in [0.3, 0.4) is 0 Å². The standard InChI is InChI=1S/C9H3ClFNO/c10-8-3-6(11)1-5-2-7(4-12)13-9(5)8/h1-3H. The van der Waals surface area contributed by atoms with Gasteiger partial charge in [0.15, 0.2) is 5.58 Å². The van der Waals surface area contributed by atoms with Crippen LogP contribution in [0.1, 0.15) is 5.76 Å². The molecule has 0 aliphatic carbocycles. The normalized spacial score (nSPS) is 10.2. The Kier molecular flexibility index (Phi) is 1.71. The first-order valence-electron chi connectivity index (χ1n) is 3.49. The summed E-state index contributed by atoms with van der Waals surface area (Å²) in [6, 6.07) is 5.68. The van der Waals surface area contributed by atoms with Gasteiger partial charge in [0, 0.05) is 11.5 Å². The predicted molar refractivity (Wildman–Crippen MR) is 45.9 cm³/mol. The van der Waals surface area contributed by atoms with E-state index in [9.17, 15) is 4.39 Å². The Bertz CT molecular complexity index is 512. The highest BCUT2D eigenvalue weighted by Crippen LogP contribution is 2.27. The van der Waals surface area contributed by atoms with Crippen LogP contribution in [0.4, 0.5) is 4.39 Å². The van der Waals surface area contributed by atoms with Crippen LogP contribution >= 0.6 is 11.6 Å². The van der Waals surface area contributed by atoms with E-state index in [2.05, 4.69) is 0 Å². The van der Waals surface area contributed by atoms with Gasteiger partial charge in [-0.2, -0.15) is 5.26 Å². The molecule has 1 aromatic carbocycles. The molecule has 1 aromatic heterocycles. The second kappa shape index (κ2) is 2.75. The summed E-state index contributed by atoms with van der Waals surface area (Å²) in [7, 11) is 0. The van der Waals surface area contributed by atoms with Gasteiger partial charge >= 0.3 is 0 Å². The van der Waals surface area contributed by atoms with E-state index in [4.69, 9.17) is 21.3 Å². The number of fused-ring (bicyclic) bond motifs is 1.